The SMILES string of the molecule is O=C(O)C1CCCc2ccc(O)cc21. The van der Waals surface area contributed by atoms with Crippen molar-refractivity contribution in [2.24, 2.45) is 0 Å². The van der Waals surface area contributed by atoms with Gasteiger partial charge in [0, 0.05) is 0 Å². The highest BCUT2D eigenvalue weighted by Crippen LogP contribution is 2.33. The molecule has 0 aromatic heterocycles. The summed E-state index contributed by atoms with van der Waals surface area (Å²) in [7, 11) is 0. The summed E-state index contributed by atoms with van der Waals surface area (Å²) in [5.74, 6) is -1.08. The fraction of sp³-hybridized carbons (Fsp3) is 0.364. The Kier molecular flexibility index (Phi) is 2.15. The molecule has 0 saturated heterocycles. The van der Waals surface area contributed by atoms with E-state index in [-0.39, 0.29) is 5.75 Å². The molecule has 14 heavy (non-hydrogen) atoms. The van der Waals surface area contributed by atoms with E-state index in [0.717, 1.165) is 24.0 Å². The van der Waals surface area contributed by atoms with Crippen LogP contribution in [0.15, 0.2) is 18.2 Å². The molecule has 1 atom stereocenters. The first-order chi connectivity index (χ1) is 6.68. The molecule has 1 aliphatic carbocycles. The Balaban J connectivity index is 2.46. The van der Waals surface area contributed by atoms with Crippen molar-refractivity contribution in [2.45, 2.75) is 25.2 Å². The van der Waals surface area contributed by atoms with E-state index in [2.05, 4.69) is 0 Å². The first-order valence-corrected chi connectivity index (χ1v) is 4.73. The van der Waals surface area contributed by atoms with E-state index in [9.17, 15) is 9.90 Å². The van der Waals surface area contributed by atoms with E-state index in [4.69, 9.17) is 5.11 Å². The lowest BCUT2D eigenvalue weighted by molar-refractivity contribution is -0.139. The second kappa shape index (κ2) is 3.33. The van der Waals surface area contributed by atoms with Crippen LogP contribution in [0.1, 0.15) is 29.9 Å². The Hall–Kier alpha value is -1.51. The van der Waals surface area contributed by atoms with Crippen LogP contribution in [0, 0.1) is 0 Å². The minimum absolute atomic E-state index is 0.150. The minimum atomic E-state index is -0.795. The van der Waals surface area contributed by atoms with Crippen LogP contribution in [0.4, 0.5) is 0 Å². The van der Waals surface area contributed by atoms with Crippen LogP contribution in [0.5, 0.6) is 5.75 Å². The van der Waals surface area contributed by atoms with Gasteiger partial charge in [0.2, 0.25) is 0 Å². The molecule has 0 saturated carbocycles. The molecule has 1 unspecified atom stereocenters. The van der Waals surface area contributed by atoms with Crippen LogP contribution in [0.3, 0.4) is 0 Å². The number of rotatable bonds is 1. The summed E-state index contributed by atoms with van der Waals surface area (Å²) in [6.07, 6.45) is 2.50. The molecule has 1 aromatic rings. The third-order valence-electron chi connectivity index (χ3n) is 2.74. The number of phenols is 1. The van der Waals surface area contributed by atoms with Crippen LogP contribution in [-0.2, 0) is 11.2 Å². The zero-order valence-electron chi connectivity index (χ0n) is 7.73. The zero-order chi connectivity index (χ0) is 10.1. The van der Waals surface area contributed by atoms with E-state index in [1.54, 1.807) is 12.1 Å². The number of aryl methyl sites for hydroxylation is 1. The standard InChI is InChI=1S/C11H12O3/c12-8-5-4-7-2-1-3-9(11(13)14)10(7)6-8/h4-6,9,12H,1-3H2,(H,13,14). The number of phenolic OH excluding ortho intramolecular Hbond substituents is 1. The fourth-order valence-electron chi connectivity index (χ4n) is 2.04. The van der Waals surface area contributed by atoms with Gasteiger partial charge in [0.05, 0.1) is 5.92 Å². The van der Waals surface area contributed by atoms with E-state index in [1.807, 2.05) is 6.07 Å². The van der Waals surface area contributed by atoms with Crippen molar-refractivity contribution in [3.8, 4) is 5.75 Å². The van der Waals surface area contributed by atoms with Gasteiger partial charge in [0.15, 0.2) is 0 Å². The van der Waals surface area contributed by atoms with Crippen LogP contribution < -0.4 is 0 Å². The fourth-order valence-corrected chi connectivity index (χ4v) is 2.04. The highest BCUT2D eigenvalue weighted by atomic mass is 16.4. The zero-order valence-corrected chi connectivity index (χ0v) is 7.73. The second-order valence-corrected chi connectivity index (χ2v) is 3.67. The molecule has 1 aromatic carbocycles. The van der Waals surface area contributed by atoms with Gasteiger partial charge < -0.3 is 10.2 Å². The highest BCUT2D eigenvalue weighted by Gasteiger charge is 2.26. The van der Waals surface area contributed by atoms with Crippen LogP contribution in [0.2, 0.25) is 0 Å². The molecular formula is C11H12O3. The normalized spacial score (nSPS) is 20.1. The topological polar surface area (TPSA) is 57.5 Å². The first-order valence-electron chi connectivity index (χ1n) is 4.73. The number of aliphatic carboxylic acids is 1. The molecule has 2 rings (SSSR count). The molecule has 3 heteroatoms. The average Bonchev–Trinajstić information content (AvgIpc) is 2.16. The molecule has 0 spiro atoms. The number of fused-ring (bicyclic) bond motifs is 1. The highest BCUT2D eigenvalue weighted by molar-refractivity contribution is 5.77. The summed E-state index contributed by atoms with van der Waals surface area (Å²) in [5, 5.41) is 18.3. The Labute approximate surface area is 82.0 Å². The number of carboxylic acid groups (broad SMARTS) is 1. The van der Waals surface area contributed by atoms with Crippen molar-refractivity contribution in [3.05, 3.63) is 29.3 Å². The minimum Gasteiger partial charge on any atom is -0.508 e. The maximum Gasteiger partial charge on any atom is 0.310 e. The van der Waals surface area contributed by atoms with Crippen LogP contribution in [0.25, 0.3) is 0 Å². The molecule has 0 amide bonds. The monoisotopic (exact) mass is 192 g/mol. The molecular weight excluding hydrogens is 180 g/mol. The van der Waals surface area contributed by atoms with Crippen molar-refractivity contribution in [2.75, 3.05) is 0 Å². The third-order valence-corrected chi connectivity index (χ3v) is 2.74. The predicted molar refractivity (Wildman–Crippen MR) is 51.4 cm³/mol. The molecule has 0 radical (unpaired) electrons. The lowest BCUT2D eigenvalue weighted by atomic mass is 9.83. The van der Waals surface area contributed by atoms with E-state index in [1.165, 1.54) is 0 Å². The summed E-state index contributed by atoms with van der Waals surface area (Å²) < 4.78 is 0. The van der Waals surface area contributed by atoms with Crippen molar-refractivity contribution in [1.29, 1.82) is 0 Å². The van der Waals surface area contributed by atoms with Crippen molar-refractivity contribution in [3.63, 3.8) is 0 Å². The largest absolute Gasteiger partial charge is 0.508 e. The Morgan fingerprint density at radius 2 is 2.21 bits per heavy atom. The number of benzene rings is 1. The number of hydrogen-bond acceptors (Lipinski definition) is 2. The summed E-state index contributed by atoms with van der Waals surface area (Å²) >= 11 is 0. The predicted octanol–water partition coefficient (Wildman–Crippen LogP) is 1.90. The van der Waals surface area contributed by atoms with Gasteiger partial charge in [-0.15, -0.1) is 0 Å². The van der Waals surface area contributed by atoms with Crippen molar-refractivity contribution >= 4 is 5.97 Å². The smallest absolute Gasteiger partial charge is 0.310 e. The average molecular weight is 192 g/mol. The van der Waals surface area contributed by atoms with Gasteiger partial charge >= 0.3 is 5.97 Å². The summed E-state index contributed by atoms with van der Waals surface area (Å²) in [6, 6.07) is 5.01. The number of aromatic hydroxyl groups is 1. The molecule has 1 aliphatic rings. The molecule has 74 valence electrons. The number of hydrogen-bond donors (Lipinski definition) is 2. The lowest BCUT2D eigenvalue weighted by Gasteiger charge is -2.22. The van der Waals surface area contributed by atoms with Gasteiger partial charge in [-0.05, 0) is 42.5 Å². The molecule has 3 nitrogen and oxygen atoms in total. The second-order valence-electron chi connectivity index (χ2n) is 3.67. The number of carboxylic acids is 1. The maximum absolute atomic E-state index is 10.9. The maximum atomic E-state index is 10.9. The molecule has 0 heterocycles. The first kappa shape index (κ1) is 9.06. The lowest BCUT2D eigenvalue weighted by Crippen LogP contribution is -2.17. The van der Waals surface area contributed by atoms with Gasteiger partial charge in [-0.2, -0.15) is 0 Å². The van der Waals surface area contributed by atoms with E-state index >= 15 is 0 Å². The Morgan fingerprint density at radius 1 is 1.43 bits per heavy atom. The summed E-state index contributed by atoms with van der Waals surface area (Å²) in [4.78, 5) is 10.9. The molecule has 0 bridgehead atoms. The third kappa shape index (κ3) is 1.45. The number of carbonyl (C=O) groups is 1. The summed E-state index contributed by atoms with van der Waals surface area (Å²) in [5.41, 5.74) is 1.84. The molecule has 2 N–H and O–H groups in total. The van der Waals surface area contributed by atoms with Gasteiger partial charge in [0.1, 0.15) is 5.75 Å². The Morgan fingerprint density at radius 3 is 2.93 bits per heavy atom. The summed E-state index contributed by atoms with van der Waals surface area (Å²) in [6.45, 7) is 0. The van der Waals surface area contributed by atoms with Gasteiger partial charge in [-0.3, -0.25) is 4.79 Å². The van der Waals surface area contributed by atoms with Crippen LogP contribution >= 0.6 is 0 Å². The van der Waals surface area contributed by atoms with E-state index in [0.29, 0.717) is 6.42 Å². The quantitative estimate of drug-likeness (QED) is 0.714. The van der Waals surface area contributed by atoms with E-state index < -0.39 is 11.9 Å². The van der Waals surface area contributed by atoms with Crippen LogP contribution in [-0.4, -0.2) is 16.2 Å². The van der Waals surface area contributed by atoms with Crippen molar-refractivity contribution in [1.82, 2.24) is 0 Å². The molecule has 0 fully saturated rings. The molecule has 0 aliphatic heterocycles. The van der Waals surface area contributed by atoms with Gasteiger partial charge in [-0.1, -0.05) is 6.07 Å². The van der Waals surface area contributed by atoms with Gasteiger partial charge in [0.25, 0.3) is 0 Å². The van der Waals surface area contributed by atoms with Gasteiger partial charge in [-0.25, -0.2) is 0 Å². The Bertz CT molecular complexity index is 371. The van der Waals surface area contributed by atoms with Crippen molar-refractivity contribution < 1.29 is 15.0 Å².